The van der Waals surface area contributed by atoms with Gasteiger partial charge in [-0.25, -0.2) is 0 Å². The normalized spacial score (nSPS) is 18.1. The van der Waals surface area contributed by atoms with Crippen LogP contribution in [0.4, 0.5) is 5.13 Å². The third-order valence-corrected chi connectivity index (χ3v) is 5.84. The number of thioether (sulfide) groups is 1. The number of nitrogens with zero attached hydrogens (tertiary/aromatic N) is 3. The largest absolute Gasteiger partial charge is 0.467 e. The van der Waals surface area contributed by atoms with Crippen LogP contribution >= 0.6 is 23.1 Å². The van der Waals surface area contributed by atoms with Crippen LogP contribution in [-0.4, -0.2) is 39.3 Å². The van der Waals surface area contributed by atoms with E-state index in [1.165, 1.54) is 29.5 Å². The molecule has 0 bridgehead atoms. The quantitative estimate of drug-likeness (QED) is 0.805. The van der Waals surface area contributed by atoms with E-state index >= 15 is 0 Å². The number of hydrogen-bond donors (Lipinski definition) is 1. The van der Waals surface area contributed by atoms with E-state index in [2.05, 4.69) is 22.4 Å². The second-order valence-corrected chi connectivity index (χ2v) is 7.73. The summed E-state index contributed by atoms with van der Waals surface area (Å²) in [5, 5.41) is 12.1. The number of carbonyl (C=O) groups is 1. The third-order valence-electron chi connectivity index (χ3n) is 3.84. The van der Waals surface area contributed by atoms with Gasteiger partial charge in [0.1, 0.15) is 5.76 Å². The van der Waals surface area contributed by atoms with Crippen LogP contribution in [0.1, 0.15) is 31.9 Å². The van der Waals surface area contributed by atoms with E-state index in [0.29, 0.717) is 18.3 Å². The molecule has 3 heterocycles. The Balaban J connectivity index is 1.46. The van der Waals surface area contributed by atoms with E-state index in [9.17, 15) is 4.79 Å². The SMILES string of the molecule is CC1CCCCN1C(=O)CSc1nnc(NCc2ccco2)s1. The van der Waals surface area contributed by atoms with Crippen molar-refractivity contribution >= 4 is 34.1 Å². The molecule has 2 aromatic rings. The average molecular weight is 352 g/mol. The molecule has 2 aromatic heterocycles. The standard InChI is InChI=1S/C15H20N4O2S2/c1-11-5-2-3-7-19(11)13(20)10-22-15-18-17-14(23-15)16-9-12-6-4-8-21-12/h4,6,8,11H,2-3,5,7,9-10H2,1H3,(H,16,17). The van der Waals surface area contributed by atoms with Crippen LogP contribution in [0.2, 0.25) is 0 Å². The minimum atomic E-state index is 0.197. The molecule has 0 spiro atoms. The Bertz CT molecular complexity index is 629. The van der Waals surface area contributed by atoms with Crippen molar-refractivity contribution in [2.75, 3.05) is 17.6 Å². The molecule has 1 N–H and O–H groups in total. The minimum Gasteiger partial charge on any atom is -0.467 e. The van der Waals surface area contributed by atoms with Gasteiger partial charge in [-0.15, -0.1) is 10.2 Å². The Labute approximate surface area is 143 Å². The summed E-state index contributed by atoms with van der Waals surface area (Å²) >= 11 is 2.92. The van der Waals surface area contributed by atoms with Crippen LogP contribution in [-0.2, 0) is 11.3 Å². The number of piperidine rings is 1. The lowest BCUT2D eigenvalue weighted by Gasteiger charge is -2.33. The molecule has 1 saturated heterocycles. The number of aromatic nitrogens is 2. The predicted octanol–water partition coefficient (Wildman–Crippen LogP) is 3.24. The van der Waals surface area contributed by atoms with Gasteiger partial charge in [-0.1, -0.05) is 23.1 Å². The van der Waals surface area contributed by atoms with E-state index in [1.807, 2.05) is 17.0 Å². The highest BCUT2D eigenvalue weighted by molar-refractivity contribution is 8.01. The fourth-order valence-electron chi connectivity index (χ4n) is 2.59. The summed E-state index contributed by atoms with van der Waals surface area (Å²) in [5.74, 6) is 1.48. The number of furan rings is 1. The lowest BCUT2D eigenvalue weighted by atomic mass is 10.0. The van der Waals surface area contributed by atoms with Gasteiger partial charge < -0.3 is 14.6 Å². The fourth-order valence-corrected chi connectivity index (χ4v) is 4.22. The van der Waals surface area contributed by atoms with Gasteiger partial charge in [-0.05, 0) is 38.3 Å². The number of hydrogen-bond acceptors (Lipinski definition) is 7. The Kier molecular flexibility index (Phi) is 5.56. The second kappa shape index (κ2) is 7.83. The van der Waals surface area contributed by atoms with Crippen LogP contribution < -0.4 is 5.32 Å². The zero-order chi connectivity index (χ0) is 16.1. The van der Waals surface area contributed by atoms with Crippen molar-refractivity contribution in [1.29, 1.82) is 0 Å². The maximum absolute atomic E-state index is 12.3. The molecule has 1 aliphatic rings. The van der Waals surface area contributed by atoms with Gasteiger partial charge in [0.15, 0.2) is 4.34 Å². The molecule has 1 fully saturated rings. The summed E-state index contributed by atoms with van der Waals surface area (Å²) in [5.41, 5.74) is 0. The van der Waals surface area contributed by atoms with Crippen LogP contribution in [0.25, 0.3) is 0 Å². The highest BCUT2D eigenvalue weighted by Crippen LogP contribution is 2.27. The summed E-state index contributed by atoms with van der Waals surface area (Å²) < 4.78 is 6.07. The first-order valence-corrected chi connectivity index (χ1v) is 9.54. The molecule has 0 saturated carbocycles. The monoisotopic (exact) mass is 352 g/mol. The van der Waals surface area contributed by atoms with Gasteiger partial charge in [-0.3, -0.25) is 4.79 Å². The highest BCUT2D eigenvalue weighted by atomic mass is 32.2. The van der Waals surface area contributed by atoms with Crippen molar-refractivity contribution < 1.29 is 9.21 Å². The van der Waals surface area contributed by atoms with Crippen molar-refractivity contribution in [3.63, 3.8) is 0 Å². The minimum absolute atomic E-state index is 0.197. The maximum Gasteiger partial charge on any atom is 0.233 e. The molecule has 1 unspecified atom stereocenters. The summed E-state index contributed by atoms with van der Waals surface area (Å²) in [6, 6.07) is 4.12. The van der Waals surface area contributed by atoms with Gasteiger partial charge in [0, 0.05) is 12.6 Å². The zero-order valence-corrected chi connectivity index (χ0v) is 14.7. The Morgan fingerprint density at radius 1 is 1.52 bits per heavy atom. The van der Waals surface area contributed by atoms with Crippen molar-refractivity contribution in [2.24, 2.45) is 0 Å². The van der Waals surface area contributed by atoms with Gasteiger partial charge in [0.25, 0.3) is 0 Å². The van der Waals surface area contributed by atoms with Crippen LogP contribution in [0.5, 0.6) is 0 Å². The molecular weight excluding hydrogens is 332 g/mol. The Morgan fingerprint density at radius 2 is 2.43 bits per heavy atom. The lowest BCUT2D eigenvalue weighted by Crippen LogP contribution is -2.42. The van der Waals surface area contributed by atoms with E-state index in [0.717, 1.165) is 34.6 Å². The smallest absolute Gasteiger partial charge is 0.233 e. The molecule has 0 aromatic carbocycles. The molecule has 3 rings (SSSR count). The van der Waals surface area contributed by atoms with E-state index in [4.69, 9.17) is 4.42 Å². The lowest BCUT2D eigenvalue weighted by molar-refractivity contribution is -0.131. The van der Waals surface area contributed by atoms with Crippen molar-refractivity contribution in [3.05, 3.63) is 24.2 Å². The fraction of sp³-hybridized carbons (Fsp3) is 0.533. The molecule has 0 radical (unpaired) electrons. The van der Waals surface area contributed by atoms with E-state index in [-0.39, 0.29) is 5.91 Å². The number of likely N-dealkylation sites (tertiary alicyclic amines) is 1. The van der Waals surface area contributed by atoms with Crippen LogP contribution in [0.3, 0.4) is 0 Å². The molecule has 8 heteroatoms. The molecule has 6 nitrogen and oxygen atoms in total. The van der Waals surface area contributed by atoms with Gasteiger partial charge in [0.2, 0.25) is 11.0 Å². The summed E-state index contributed by atoms with van der Waals surface area (Å²) in [6.07, 6.45) is 5.08. The van der Waals surface area contributed by atoms with Crippen LogP contribution in [0, 0.1) is 0 Å². The van der Waals surface area contributed by atoms with Crippen molar-refractivity contribution in [2.45, 2.75) is 43.1 Å². The molecule has 0 aliphatic carbocycles. The first-order chi connectivity index (χ1) is 11.2. The zero-order valence-electron chi connectivity index (χ0n) is 13.0. The highest BCUT2D eigenvalue weighted by Gasteiger charge is 2.23. The third kappa shape index (κ3) is 4.48. The van der Waals surface area contributed by atoms with Gasteiger partial charge in [-0.2, -0.15) is 0 Å². The molecule has 124 valence electrons. The number of amides is 1. The van der Waals surface area contributed by atoms with E-state index < -0.39 is 0 Å². The molecule has 23 heavy (non-hydrogen) atoms. The van der Waals surface area contributed by atoms with Crippen molar-refractivity contribution in [1.82, 2.24) is 15.1 Å². The topological polar surface area (TPSA) is 71.3 Å². The molecule has 1 aliphatic heterocycles. The molecule has 1 atom stereocenters. The Morgan fingerprint density at radius 3 is 3.22 bits per heavy atom. The summed E-state index contributed by atoms with van der Waals surface area (Å²) in [6.45, 7) is 3.59. The first kappa shape index (κ1) is 16.3. The number of rotatable bonds is 6. The molecule has 1 amide bonds. The summed E-state index contributed by atoms with van der Waals surface area (Å²) in [7, 11) is 0. The van der Waals surface area contributed by atoms with Gasteiger partial charge in [0.05, 0.1) is 18.6 Å². The summed E-state index contributed by atoms with van der Waals surface area (Å²) in [4.78, 5) is 14.3. The predicted molar refractivity (Wildman–Crippen MR) is 91.7 cm³/mol. The van der Waals surface area contributed by atoms with Gasteiger partial charge >= 0.3 is 0 Å². The van der Waals surface area contributed by atoms with E-state index in [1.54, 1.807) is 6.26 Å². The van der Waals surface area contributed by atoms with Crippen LogP contribution in [0.15, 0.2) is 27.2 Å². The molecular formula is C15H20N4O2S2. The average Bonchev–Trinajstić information content (AvgIpc) is 3.22. The first-order valence-electron chi connectivity index (χ1n) is 7.74. The number of carbonyl (C=O) groups excluding carboxylic acids is 1. The number of nitrogens with one attached hydrogen (secondary N) is 1. The van der Waals surface area contributed by atoms with Crippen molar-refractivity contribution in [3.8, 4) is 0 Å². The maximum atomic E-state index is 12.3. The Hall–Kier alpha value is -1.54. The second-order valence-electron chi connectivity index (χ2n) is 5.53. The number of anilines is 1.